The quantitative estimate of drug-likeness (QED) is 0.537. The second kappa shape index (κ2) is 10.4. The summed E-state index contributed by atoms with van der Waals surface area (Å²) in [6.45, 7) is 8.27. The molecule has 0 aliphatic rings. The lowest BCUT2D eigenvalue weighted by Crippen LogP contribution is -2.43. The van der Waals surface area contributed by atoms with Crippen LogP contribution >= 0.6 is 0 Å². The first-order chi connectivity index (χ1) is 14.2. The fraction of sp³-hybridized carbons (Fsp3) is 0.348. The van der Waals surface area contributed by atoms with E-state index in [9.17, 15) is 14.4 Å². The largest absolute Gasteiger partial charge is 0.484 e. The lowest BCUT2D eigenvalue weighted by atomic mass is 9.87. The van der Waals surface area contributed by atoms with Crippen molar-refractivity contribution in [3.8, 4) is 5.75 Å². The second-order valence-electron chi connectivity index (χ2n) is 7.78. The van der Waals surface area contributed by atoms with Gasteiger partial charge in [-0.15, -0.1) is 0 Å². The molecule has 0 spiro atoms. The van der Waals surface area contributed by atoms with Crippen molar-refractivity contribution < 1.29 is 23.9 Å². The summed E-state index contributed by atoms with van der Waals surface area (Å²) in [4.78, 5) is 35.8. The summed E-state index contributed by atoms with van der Waals surface area (Å²) < 4.78 is 10.4. The van der Waals surface area contributed by atoms with Crippen molar-refractivity contribution in [2.24, 2.45) is 0 Å². The molecule has 30 heavy (non-hydrogen) atoms. The van der Waals surface area contributed by atoms with Crippen molar-refractivity contribution in [2.75, 3.05) is 13.2 Å². The molecule has 160 valence electrons. The van der Waals surface area contributed by atoms with E-state index in [1.54, 1.807) is 36.4 Å². The number of hydrogen-bond donors (Lipinski definition) is 2. The number of esters is 1. The molecule has 0 bridgehead atoms. The van der Waals surface area contributed by atoms with Gasteiger partial charge in [-0.2, -0.15) is 0 Å². The Morgan fingerprint density at radius 3 is 2.03 bits per heavy atom. The minimum absolute atomic E-state index is 0.00537. The molecule has 0 saturated heterocycles. The highest BCUT2D eigenvalue weighted by Crippen LogP contribution is 2.22. The Hall–Kier alpha value is -3.35. The molecule has 7 heteroatoms. The van der Waals surface area contributed by atoms with Gasteiger partial charge >= 0.3 is 5.97 Å². The van der Waals surface area contributed by atoms with Gasteiger partial charge in [0.1, 0.15) is 5.75 Å². The molecular formula is C23H28N2O5. The van der Waals surface area contributed by atoms with Gasteiger partial charge in [0.25, 0.3) is 11.8 Å². The first kappa shape index (κ1) is 22.9. The Kier molecular flexibility index (Phi) is 7.98. The monoisotopic (exact) mass is 412 g/mol. The van der Waals surface area contributed by atoms with Crippen LogP contribution in [0.1, 0.15) is 60.4 Å². The molecule has 2 aromatic rings. The van der Waals surface area contributed by atoms with E-state index < -0.39 is 17.8 Å². The van der Waals surface area contributed by atoms with Gasteiger partial charge in [-0.05, 0) is 53.8 Å². The van der Waals surface area contributed by atoms with Crippen LogP contribution in [0, 0.1) is 0 Å². The topological polar surface area (TPSA) is 93.7 Å². The number of carbonyl (C=O) groups is 3. The van der Waals surface area contributed by atoms with Crippen molar-refractivity contribution in [1.82, 2.24) is 10.9 Å². The highest BCUT2D eigenvalue weighted by Gasteiger charge is 2.14. The van der Waals surface area contributed by atoms with E-state index in [-0.39, 0.29) is 12.0 Å². The minimum atomic E-state index is -0.513. The molecule has 0 unspecified atom stereocenters. The van der Waals surface area contributed by atoms with Crippen LogP contribution in [-0.2, 0) is 14.9 Å². The van der Waals surface area contributed by atoms with E-state index in [4.69, 9.17) is 9.47 Å². The number of benzene rings is 2. The summed E-state index contributed by atoms with van der Waals surface area (Å²) >= 11 is 0. The van der Waals surface area contributed by atoms with E-state index in [2.05, 4.69) is 31.6 Å². The molecule has 0 aliphatic carbocycles. The highest BCUT2D eigenvalue weighted by atomic mass is 16.5. The first-order valence-electron chi connectivity index (χ1n) is 9.80. The van der Waals surface area contributed by atoms with Crippen LogP contribution in [0.4, 0.5) is 0 Å². The molecule has 0 fully saturated rings. The van der Waals surface area contributed by atoms with Crippen LogP contribution in [-0.4, -0.2) is 31.0 Å². The molecule has 0 atom stereocenters. The number of nitrogens with one attached hydrogen (secondary N) is 2. The van der Waals surface area contributed by atoms with Gasteiger partial charge in [0.2, 0.25) is 0 Å². The van der Waals surface area contributed by atoms with Crippen molar-refractivity contribution in [2.45, 2.75) is 39.5 Å². The van der Waals surface area contributed by atoms with Crippen molar-refractivity contribution >= 4 is 17.8 Å². The molecule has 2 aromatic carbocycles. The zero-order valence-electron chi connectivity index (χ0n) is 17.8. The van der Waals surface area contributed by atoms with Gasteiger partial charge in [0.15, 0.2) is 6.61 Å². The summed E-state index contributed by atoms with van der Waals surface area (Å²) in [6.07, 6.45) is 0.751. The smallest absolute Gasteiger partial charge is 0.338 e. The maximum atomic E-state index is 12.2. The van der Waals surface area contributed by atoms with Gasteiger partial charge in [0, 0.05) is 5.56 Å². The first-order valence-corrected chi connectivity index (χ1v) is 9.80. The number of hydrazine groups is 1. The molecule has 0 heterocycles. The Bertz CT molecular complexity index is 868. The van der Waals surface area contributed by atoms with E-state index in [1.807, 2.05) is 19.1 Å². The van der Waals surface area contributed by atoms with Crippen LogP contribution < -0.4 is 15.6 Å². The molecular weight excluding hydrogens is 384 g/mol. The van der Waals surface area contributed by atoms with Crippen LogP contribution in [0.5, 0.6) is 5.75 Å². The third-order valence-corrected chi connectivity index (χ3v) is 4.23. The highest BCUT2D eigenvalue weighted by molar-refractivity contribution is 5.95. The summed E-state index contributed by atoms with van der Waals surface area (Å²) in [6, 6.07) is 13.5. The number of amides is 2. The van der Waals surface area contributed by atoms with Crippen LogP contribution in [0.15, 0.2) is 48.5 Å². The Morgan fingerprint density at radius 1 is 0.867 bits per heavy atom. The summed E-state index contributed by atoms with van der Waals surface area (Å²) in [7, 11) is 0. The normalized spacial score (nSPS) is 10.8. The summed E-state index contributed by atoms with van der Waals surface area (Å²) in [5, 5.41) is 0. The predicted molar refractivity (Wildman–Crippen MR) is 113 cm³/mol. The van der Waals surface area contributed by atoms with Crippen molar-refractivity contribution in [3.63, 3.8) is 0 Å². The number of ether oxygens (including phenoxy) is 2. The molecule has 0 aliphatic heterocycles. The molecule has 2 amide bonds. The van der Waals surface area contributed by atoms with E-state index in [0.29, 0.717) is 23.5 Å². The zero-order valence-corrected chi connectivity index (χ0v) is 17.8. The lowest BCUT2D eigenvalue weighted by Gasteiger charge is -2.19. The van der Waals surface area contributed by atoms with E-state index in [0.717, 1.165) is 12.0 Å². The molecule has 0 saturated carbocycles. The van der Waals surface area contributed by atoms with Gasteiger partial charge in [-0.3, -0.25) is 20.4 Å². The van der Waals surface area contributed by atoms with Gasteiger partial charge < -0.3 is 9.47 Å². The van der Waals surface area contributed by atoms with Crippen molar-refractivity contribution in [1.29, 1.82) is 0 Å². The molecule has 7 nitrogen and oxygen atoms in total. The fourth-order valence-corrected chi connectivity index (χ4v) is 2.47. The second-order valence-corrected chi connectivity index (χ2v) is 7.78. The number of rotatable bonds is 7. The average molecular weight is 412 g/mol. The third-order valence-electron chi connectivity index (χ3n) is 4.23. The zero-order chi connectivity index (χ0) is 22.1. The SMILES string of the molecule is CCCOC(=O)c1ccc(OCC(=O)NNC(=O)c2ccc(C(C)(C)C)cc2)cc1. The summed E-state index contributed by atoms with van der Waals surface area (Å²) in [5.41, 5.74) is 6.62. The Labute approximate surface area is 176 Å². The average Bonchev–Trinajstić information content (AvgIpc) is 2.74. The van der Waals surface area contributed by atoms with Gasteiger partial charge in [0.05, 0.1) is 12.2 Å². The van der Waals surface area contributed by atoms with E-state index >= 15 is 0 Å². The van der Waals surface area contributed by atoms with Crippen LogP contribution in [0.2, 0.25) is 0 Å². The van der Waals surface area contributed by atoms with Gasteiger partial charge in [-0.1, -0.05) is 39.8 Å². The predicted octanol–water partition coefficient (Wildman–Crippen LogP) is 3.39. The molecule has 2 rings (SSSR count). The number of carbonyl (C=O) groups excluding carboxylic acids is 3. The van der Waals surface area contributed by atoms with Crippen LogP contribution in [0.3, 0.4) is 0 Å². The number of hydrogen-bond acceptors (Lipinski definition) is 5. The maximum absolute atomic E-state index is 12.2. The maximum Gasteiger partial charge on any atom is 0.338 e. The Morgan fingerprint density at radius 2 is 1.47 bits per heavy atom. The molecule has 2 N–H and O–H groups in total. The molecule has 0 aromatic heterocycles. The van der Waals surface area contributed by atoms with Crippen LogP contribution in [0.25, 0.3) is 0 Å². The standard InChI is InChI=1S/C23H28N2O5/c1-5-14-29-22(28)17-8-12-19(13-9-17)30-15-20(26)24-25-21(27)16-6-10-18(11-7-16)23(2,3)4/h6-13H,5,14-15H2,1-4H3,(H,24,26)(H,25,27). The Balaban J connectivity index is 1.78. The molecule has 0 radical (unpaired) electrons. The van der Waals surface area contributed by atoms with Gasteiger partial charge in [-0.25, -0.2) is 4.79 Å². The summed E-state index contributed by atoms with van der Waals surface area (Å²) in [5.74, 6) is -0.916. The minimum Gasteiger partial charge on any atom is -0.484 e. The fourth-order valence-electron chi connectivity index (χ4n) is 2.47. The lowest BCUT2D eigenvalue weighted by molar-refractivity contribution is -0.123. The third kappa shape index (κ3) is 6.92. The van der Waals surface area contributed by atoms with E-state index in [1.165, 1.54) is 0 Å². The van der Waals surface area contributed by atoms with Crippen molar-refractivity contribution in [3.05, 3.63) is 65.2 Å².